The van der Waals surface area contributed by atoms with Crippen molar-refractivity contribution in [1.29, 1.82) is 0 Å². The molecule has 0 aromatic rings. The van der Waals surface area contributed by atoms with E-state index in [1.165, 1.54) is 0 Å². The Hall–Kier alpha value is -1.44. The number of hydrogen-bond acceptors (Lipinski definition) is 2. The van der Waals surface area contributed by atoms with E-state index in [2.05, 4.69) is 0 Å². The molecule has 0 aliphatic heterocycles. The first-order chi connectivity index (χ1) is 7.72. The van der Waals surface area contributed by atoms with Gasteiger partial charge >= 0.3 is 0 Å². The first-order valence-corrected chi connectivity index (χ1v) is 5.83. The number of Topliss-reactive ketones (excluding diaryl/α,β-unsaturated/α-hetero) is 2. The van der Waals surface area contributed by atoms with Gasteiger partial charge in [0.2, 0.25) is 0 Å². The summed E-state index contributed by atoms with van der Waals surface area (Å²) in [7, 11) is 0. The van der Waals surface area contributed by atoms with E-state index in [-0.39, 0.29) is 17.5 Å². The highest BCUT2D eigenvalue weighted by Crippen LogP contribution is 2.29. The second-order valence-corrected chi connectivity index (χ2v) is 4.38. The van der Waals surface area contributed by atoms with Gasteiger partial charge in [0.05, 0.1) is 0 Å². The van der Waals surface area contributed by atoms with Crippen molar-refractivity contribution in [1.82, 2.24) is 0 Å². The van der Waals surface area contributed by atoms with Crippen LogP contribution < -0.4 is 0 Å². The molecule has 0 saturated heterocycles. The quantitative estimate of drug-likeness (QED) is 0.631. The number of ketones is 2. The van der Waals surface area contributed by atoms with Crippen LogP contribution in [0.5, 0.6) is 0 Å². The molecule has 1 unspecified atom stereocenters. The molecule has 1 atom stereocenters. The Morgan fingerprint density at radius 2 is 2.12 bits per heavy atom. The van der Waals surface area contributed by atoms with E-state index < -0.39 is 0 Å². The fourth-order valence-electron chi connectivity index (χ4n) is 2.31. The van der Waals surface area contributed by atoms with E-state index >= 15 is 0 Å². The maximum Gasteiger partial charge on any atom is 0.163 e. The molecule has 0 spiro atoms. The number of carbonyl (C=O) groups excluding carboxylic acids is 2. The van der Waals surface area contributed by atoms with Crippen LogP contribution in [-0.4, -0.2) is 11.6 Å². The van der Waals surface area contributed by atoms with Crippen LogP contribution in [0.25, 0.3) is 0 Å². The summed E-state index contributed by atoms with van der Waals surface area (Å²) in [5.41, 5.74) is 1.78. The second kappa shape index (κ2) is 4.60. The summed E-state index contributed by atoms with van der Waals surface area (Å²) in [5, 5.41) is 0. The lowest BCUT2D eigenvalue weighted by atomic mass is 9.79. The molecule has 2 heteroatoms. The maximum absolute atomic E-state index is 12.1. The Morgan fingerprint density at radius 1 is 1.31 bits per heavy atom. The van der Waals surface area contributed by atoms with Crippen LogP contribution in [-0.2, 0) is 9.59 Å². The van der Waals surface area contributed by atoms with Gasteiger partial charge in [0, 0.05) is 24.3 Å². The molecule has 2 rings (SSSR count). The van der Waals surface area contributed by atoms with Gasteiger partial charge in [0.15, 0.2) is 5.78 Å². The van der Waals surface area contributed by atoms with E-state index in [4.69, 9.17) is 0 Å². The topological polar surface area (TPSA) is 34.1 Å². The van der Waals surface area contributed by atoms with Gasteiger partial charge in [0.1, 0.15) is 5.78 Å². The summed E-state index contributed by atoms with van der Waals surface area (Å²) in [6.45, 7) is 1.97. The number of rotatable bonds is 1. The van der Waals surface area contributed by atoms with Crippen LogP contribution in [0.2, 0.25) is 0 Å². The average molecular weight is 216 g/mol. The third kappa shape index (κ3) is 2.06. The van der Waals surface area contributed by atoms with E-state index in [0.717, 1.165) is 24.0 Å². The minimum atomic E-state index is -0.0805. The van der Waals surface area contributed by atoms with Crippen molar-refractivity contribution in [2.24, 2.45) is 5.92 Å². The lowest BCUT2D eigenvalue weighted by Crippen LogP contribution is -2.27. The van der Waals surface area contributed by atoms with Crippen molar-refractivity contribution in [2.75, 3.05) is 0 Å². The third-order valence-corrected chi connectivity index (χ3v) is 3.28. The molecule has 0 bridgehead atoms. The summed E-state index contributed by atoms with van der Waals surface area (Å²) in [6.07, 6.45) is 10.2. The molecular weight excluding hydrogens is 200 g/mol. The van der Waals surface area contributed by atoms with Gasteiger partial charge in [-0.1, -0.05) is 31.2 Å². The molecule has 2 aliphatic carbocycles. The van der Waals surface area contributed by atoms with Gasteiger partial charge < -0.3 is 0 Å². The van der Waals surface area contributed by atoms with E-state index in [1.807, 2.05) is 31.2 Å². The molecule has 1 fully saturated rings. The van der Waals surface area contributed by atoms with Gasteiger partial charge in [-0.2, -0.15) is 0 Å². The highest BCUT2D eigenvalue weighted by atomic mass is 16.1. The monoisotopic (exact) mass is 216 g/mol. The van der Waals surface area contributed by atoms with Crippen molar-refractivity contribution in [3.8, 4) is 0 Å². The molecule has 2 nitrogen and oxygen atoms in total. The Bertz CT molecular complexity index is 410. The van der Waals surface area contributed by atoms with Crippen LogP contribution in [0.15, 0.2) is 35.5 Å². The summed E-state index contributed by atoms with van der Waals surface area (Å²) in [5.74, 6) is 0.317. The van der Waals surface area contributed by atoms with Crippen LogP contribution in [0.1, 0.15) is 32.6 Å². The van der Waals surface area contributed by atoms with Crippen molar-refractivity contribution < 1.29 is 9.59 Å². The first kappa shape index (κ1) is 11.1. The van der Waals surface area contributed by atoms with E-state index in [0.29, 0.717) is 12.8 Å². The third-order valence-electron chi connectivity index (χ3n) is 3.28. The SMILES string of the molecule is CCC1CC(=O)C/C(=C2\C=CC=CC2)C1=O. The van der Waals surface area contributed by atoms with Crippen molar-refractivity contribution in [2.45, 2.75) is 32.6 Å². The second-order valence-electron chi connectivity index (χ2n) is 4.38. The largest absolute Gasteiger partial charge is 0.299 e. The van der Waals surface area contributed by atoms with Crippen molar-refractivity contribution in [3.63, 3.8) is 0 Å². The van der Waals surface area contributed by atoms with Gasteiger partial charge in [-0.25, -0.2) is 0 Å². The molecular formula is C14H16O2. The van der Waals surface area contributed by atoms with Crippen molar-refractivity contribution in [3.05, 3.63) is 35.5 Å². The van der Waals surface area contributed by atoms with Gasteiger partial charge in [0.25, 0.3) is 0 Å². The summed E-state index contributed by atoms with van der Waals surface area (Å²) < 4.78 is 0. The minimum Gasteiger partial charge on any atom is -0.299 e. The Kier molecular flexibility index (Phi) is 3.18. The van der Waals surface area contributed by atoms with Gasteiger partial charge in [-0.3, -0.25) is 9.59 Å². The van der Waals surface area contributed by atoms with Crippen molar-refractivity contribution >= 4 is 11.6 Å². The first-order valence-electron chi connectivity index (χ1n) is 5.83. The lowest BCUT2D eigenvalue weighted by Gasteiger charge is -2.23. The van der Waals surface area contributed by atoms with Gasteiger partial charge in [-0.05, 0) is 18.4 Å². The number of carbonyl (C=O) groups is 2. The highest BCUT2D eigenvalue weighted by Gasteiger charge is 2.31. The predicted molar refractivity (Wildman–Crippen MR) is 63.0 cm³/mol. The summed E-state index contributed by atoms with van der Waals surface area (Å²) in [4.78, 5) is 23.7. The molecule has 2 aliphatic rings. The maximum atomic E-state index is 12.1. The molecule has 1 saturated carbocycles. The highest BCUT2D eigenvalue weighted by molar-refractivity contribution is 6.07. The Morgan fingerprint density at radius 3 is 2.75 bits per heavy atom. The Labute approximate surface area is 95.7 Å². The molecule has 16 heavy (non-hydrogen) atoms. The van der Waals surface area contributed by atoms with Crippen LogP contribution >= 0.6 is 0 Å². The number of allylic oxidation sites excluding steroid dienone is 6. The van der Waals surface area contributed by atoms with Crippen LogP contribution in [0.3, 0.4) is 0 Å². The molecule has 0 N–H and O–H groups in total. The minimum absolute atomic E-state index is 0.0805. The fourth-order valence-corrected chi connectivity index (χ4v) is 2.31. The standard InChI is InChI=1S/C14H16O2/c1-2-10-8-12(15)9-13(14(10)16)11-6-4-3-5-7-11/h3-6,10H,2,7-9H2,1H3/b13-11-. The zero-order valence-corrected chi connectivity index (χ0v) is 9.53. The molecule has 0 radical (unpaired) electrons. The fraction of sp³-hybridized carbons (Fsp3) is 0.429. The predicted octanol–water partition coefficient (Wildman–Crippen LogP) is 2.76. The molecule has 0 amide bonds. The Balaban J connectivity index is 2.32. The average Bonchev–Trinajstić information content (AvgIpc) is 2.33. The lowest BCUT2D eigenvalue weighted by molar-refractivity contribution is -0.129. The molecule has 0 aromatic heterocycles. The molecule has 0 heterocycles. The van der Waals surface area contributed by atoms with Crippen LogP contribution in [0, 0.1) is 5.92 Å². The zero-order valence-electron chi connectivity index (χ0n) is 9.53. The normalized spacial score (nSPS) is 29.9. The summed E-state index contributed by atoms with van der Waals surface area (Å²) >= 11 is 0. The smallest absolute Gasteiger partial charge is 0.163 e. The van der Waals surface area contributed by atoms with E-state index in [9.17, 15) is 9.59 Å². The zero-order chi connectivity index (χ0) is 11.5. The molecule has 0 aromatic carbocycles. The van der Waals surface area contributed by atoms with Gasteiger partial charge in [-0.15, -0.1) is 0 Å². The summed E-state index contributed by atoms with van der Waals surface area (Å²) in [6, 6.07) is 0. The number of hydrogen-bond donors (Lipinski definition) is 0. The van der Waals surface area contributed by atoms with E-state index in [1.54, 1.807) is 0 Å². The molecule has 84 valence electrons. The van der Waals surface area contributed by atoms with Crippen LogP contribution in [0.4, 0.5) is 0 Å².